The second kappa shape index (κ2) is 7.24. The molecule has 2 rings (SSSR count). The third-order valence-corrected chi connectivity index (χ3v) is 3.23. The molecule has 2 aromatic rings. The van der Waals surface area contributed by atoms with Crippen LogP contribution in [0, 0.1) is 29.5 Å². The van der Waals surface area contributed by atoms with Gasteiger partial charge in [-0.3, -0.25) is 0 Å². The van der Waals surface area contributed by atoms with Crippen molar-refractivity contribution in [3.8, 4) is 18.4 Å². The van der Waals surface area contributed by atoms with E-state index in [1.807, 2.05) is 36.4 Å². The molecule has 0 saturated heterocycles. The number of hydrogen-bond donors (Lipinski definition) is 1. The van der Waals surface area contributed by atoms with Gasteiger partial charge in [0.2, 0.25) is 0 Å². The van der Waals surface area contributed by atoms with E-state index in [1.54, 1.807) is 12.1 Å². The number of rotatable bonds is 5. The van der Waals surface area contributed by atoms with E-state index in [0.717, 1.165) is 11.1 Å². The molecular formula is C18H15FN2. The molecule has 0 aliphatic rings. The summed E-state index contributed by atoms with van der Waals surface area (Å²) in [6, 6.07) is 16.3. The van der Waals surface area contributed by atoms with Crippen LogP contribution in [0.3, 0.4) is 0 Å². The summed E-state index contributed by atoms with van der Waals surface area (Å²) in [5.41, 5.74) is 2.02. The second-order valence-electron chi connectivity index (χ2n) is 4.68. The summed E-state index contributed by atoms with van der Waals surface area (Å²) in [7, 11) is 0. The lowest BCUT2D eigenvalue weighted by Gasteiger charge is -2.17. The van der Waals surface area contributed by atoms with Gasteiger partial charge >= 0.3 is 0 Å². The van der Waals surface area contributed by atoms with Gasteiger partial charge < -0.3 is 5.32 Å². The molecular weight excluding hydrogens is 263 g/mol. The summed E-state index contributed by atoms with van der Waals surface area (Å²) in [5.74, 6) is 2.16. The summed E-state index contributed by atoms with van der Waals surface area (Å²) < 4.78 is 13.3. The molecule has 0 bridgehead atoms. The van der Waals surface area contributed by atoms with Gasteiger partial charge in [-0.25, -0.2) is 4.39 Å². The van der Waals surface area contributed by atoms with Crippen molar-refractivity contribution in [2.24, 2.45) is 0 Å². The number of benzene rings is 2. The quantitative estimate of drug-likeness (QED) is 0.849. The smallest absolute Gasteiger partial charge is 0.140 e. The molecule has 0 heterocycles. The summed E-state index contributed by atoms with van der Waals surface area (Å²) in [6.07, 6.45) is 5.98. The topological polar surface area (TPSA) is 35.8 Å². The highest BCUT2D eigenvalue weighted by Gasteiger charge is 2.10. The molecule has 2 aromatic carbocycles. The van der Waals surface area contributed by atoms with Gasteiger partial charge in [0, 0.05) is 19.0 Å². The summed E-state index contributed by atoms with van der Waals surface area (Å²) in [5, 5.41) is 12.2. The first-order valence-electron chi connectivity index (χ1n) is 6.65. The molecule has 0 aliphatic carbocycles. The highest BCUT2D eigenvalue weighted by molar-refractivity contribution is 5.34. The van der Waals surface area contributed by atoms with Crippen LogP contribution in [0.5, 0.6) is 0 Å². The molecule has 1 N–H and O–H groups in total. The van der Waals surface area contributed by atoms with Crippen molar-refractivity contribution in [3.05, 3.63) is 71.0 Å². The van der Waals surface area contributed by atoms with E-state index in [0.29, 0.717) is 13.0 Å². The number of nitrogens with one attached hydrogen (secondary N) is 1. The Balaban J connectivity index is 2.10. The van der Waals surface area contributed by atoms with E-state index in [1.165, 1.54) is 6.07 Å². The Bertz CT molecular complexity index is 681. The van der Waals surface area contributed by atoms with Crippen LogP contribution in [-0.4, -0.2) is 0 Å². The largest absolute Gasteiger partial charge is 0.305 e. The summed E-state index contributed by atoms with van der Waals surface area (Å²) >= 11 is 0. The Labute approximate surface area is 124 Å². The molecule has 1 atom stereocenters. The normalized spacial score (nSPS) is 11.4. The zero-order valence-electron chi connectivity index (χ0n) is 11.5. The van der Waals surface area contributed by atoms with Crippen molar-refractivity contribution in [1.82, 2.24) is 5.32 Å². The Morgan fingerprint density at radius 1 is 1.19 bits per heavy atom. The van der Waals surface area contributed by atoms with Gasteiger partial charge in [-0.2, -0.15) is 5.26 Å². The average Bonchev–Trinajstić information content (AvgIpc) is 2.53. The van der Waals surface area contributed by atoms with Gasteiger partial charge in [-0.05, 0) is 23.3 Å². The van der Waals surface area contributed by atoms with Crippen LogP contribution in [0.2, 0.25) is 0 Å². The molecule has 21 heavy (non-hydrogen) atoms. The number of nitriles is 1. The van der Waals surface area contributed by atoms with Crippen LogP contribution in [0.1, 0.15) is 29.2 Å². The molecule has 0 amide bonds. The lowest BCUT2D eigenvalue weighted by atomic mass is 10.0. The van der Waals surface area contributed by atoms with Gasteiger partial charge in [0.1, 0.15) is 11.9 Å². The minimum atomic E-state index is -0.496. The second-order valence-corrected chi connectivity index (χ2v) is 4.68. The van der Waals surface area contributed by atoms with Crippen LogP contribution >= 0.6 is 0 Å². The molecule has 0 spiro atoms. The minimum absolute atomic E-state index is 0.0341. The summed E-state index contributed by atoms with van der Waals surface area (Å²) in [6.45, 7) is 0.524. The van der Waals surface area contributed by atoms with Crippen molar-refractivity contribution in [2.75, 3.05) is 0 Å². The minimum Gasteiger partial charge on any atom is -0.305 e. The first-order valence-corrected chi connectivity index (χ1v) is 6.65. The first kappa shape index (κ1) is 14.8. The molecule has 104 valence electrons. The highest BCUT2D eigenvalue weighted by atomic mass is 19.1. The third kappa shape index (κ3) is 3.92. The molecule has 3 heteroatoms. The van der Waals surface area contributed by atoms with E-state index in [9.17, 15) is 4.39 Å². The van der Waals surface area contributed by atoms with E-state index in [2.05, 4.69) is 11.2 Å². The van der Waals surface area contributed by atoms with Gasteiger partial charge in [0.05, 0.1) is 5.56 Å². The molecule has 0 fully saturated rings. The van der Waals surface area contributed by atoms with E-state index in [4.69, 9.17) is 11.7 Å². The Morgan fingerprint density at radius 3 is 2.62 bits per heavy atom. The number of hydrogen-bond acceptors (Lipinski definition) is 2. The summed E-state index contributed by atoms with van der Waals surface area (Å²) in [4.78, 5) is 0. The van der Waals surface area contributed by atoms with Crippen LogP contribution in [0.25, 0.3) is 0 Å². The maximum Gasteiger partial charge on any atom is 0.140 e. The van der Waals surface area contributed by atoms with Gasteiger partial charge in [-0.1, -0.05) is 36.4 Å². The SMILES string of the molecule is C#CCC(NCc1ccc(F)c(C#N)c1)c1ccccc1. The van der Waals surface area contributed by atoms with E-state index in [-0.39, 0.29) is 11.6 Å². The molecule has 0 aliphatic heterocycles. The maximum absolute atomic E-state index is 13.3. The van der Waals surface area contributed by atoms with Crippen LogP contribution in [0.4, 0.5) is 4.39 Å². The predicted octanol–water partition coefficient (Wildman–Crippen LogP) is 3.55. The fourth-order valence-corrected chi connectivity index (χ4v) is 2.12. The van der Waals surface area contributed by atoms with Crippen molar-refractivity contribution in [1.29, 1.82) is 5.26 Å². The van der Waals surface area contributed by atoms with Crippen molar-refractivity contribution in [2.45, 2.75) is 19.0 Å². The third-order valence-electron chi connectivity index (χ3n) is 3.23. The van der Waals surface area contributed by atoms with Crippen LogP contribution in [0.15, 0.2) is 48.5 Å². The van der Waals surface area contributed by atoms with Crippen LogP contribution < -0.4 is 5.32 Å². The number of halogens is 1. The molecule has 2 nitrogen and oxygen atoms in total. The van der Waals surface area contributed by atoms with Crippen molar-refractivity contribution in [3.63, 3.8) is 0 Å². The monoisotopic (exact) mass is 278 g/mol. The lowest BCUT2D eigenvalue weighted by Crippen LogP contribution is -2.20. The average molecular weight is 278 g/mol. The zero-order chi connectivity index (χ0) is 15.1. The van der Waals surface area contributed by atoms with Gasteiger partial charge in [0.15, 0.2) is 0 Å². The first-order chi connectivity index (χ1) is 10.2. The van der Waals surface area contributed by atoms with E-state index >= 15 is 0 Å². The molecule has 0 saturated carbocycles. The van der Waals surface area contributed by atoms with Crippen molar-refractivity contribution >= 4 is 0 Å². The fraction of sp³-hybridized carbons (Fsp3) is 0.167. The molecule has 1 unspecified atom stereocenters. The van der Waals surface area contributed by atoms with Crippen molar-refractivity contribution < 1.29 is 4.39 Å². The lowest BCUT2D eigenvalue weighted by molar-refractivity contribution is 0.543. The maximum atomic E-state index is 13.3. The number of terminal acetylenes is 1. The van der Waals surface area contributed by atoms with Gasteiger partial charge in [0.25, 0.3) is 0 Å². The number of nitrogens with zero attached hydrogens (tertiary/aromatic N) is 1. The standard InChI is InChI=1S/C18H15FN2/c1-2-6-18(15-7-4-3-5-8-15)21-13-14-9-10-17(19)16(11-14)12-20/h1,3-5,7-11,18,21H,6,13H2. The van der Waals surface area contributed by atoms with Crippen LogP contribution in [-0.2, 0) is 6.54 Å². The van der Waals surface area contributed by atoms with E-state index < -0.39 is 5.82 Å². The van der Waals surface area contributed by atoms with Gasteiger partial charge in [-0.15, -0.1) is 12.3 Å². The molecule has 0 radical (unpaired) electrons. The Kier molecular flexibility index (Phi) is 5.10. The molecule has 0 aromatic heterocycles. The Morgan fingerprint density at radius 2 is 1.95 bits per heavy atom. The Hall–Kier alpha value is -2.62. The fourth-order valence-electron chi connectivity index (χ4n) is 2.12. The predicted molar refractivity (Wildman–Crippen MR) is 80.6 cm³/mol. The zero-order valence-corrected chi connectivity index (χ0v) is 11.5. The highest BCUT2D eigenvalue weighted by Crippen LogP contribution is 2.17.